The second kappa shape index (κ2) is 12.1. The number of aryl methyl sites for hydroxylation is 1. The van der Waals surface area contributed by atoms with Crippen molar-refractivity contribution in [2.75, 3.05) is 26.7 Å². The second-order valence-electron chi connectivity index (χ2n) is 15.3. The van der Waals surface area contributed by atoms with Gasteiger partial charge in [0, 0.05) is 55.3 Å². The van der Waals surface area contributed by atoms with Crippen molar-refractivity contribution in [3.63, 3.8) is 0 Å². The minimum atomic E-state index is -4.92. The predicted octanol–water partition coefficient (Wildman–Crippen LogP) is 7.43. The molecular weight excluding hydrogens is 629 g/mol. The molecule has 2 aromatic carbocycles. The van der Waals surface area contributed by atoms with Gasteiger partial charge in [-0.15, -0.1) is 0 Å². The molecule has 3 unspecified atom stereocenters. The van der Waals surface area contributed by atoms with Gasteiger partial charge in [0.05, 0.1) is 31.8 Å². The highest BCUT2D eigenvalue weighted by atomic mass is 19.4. The smallest absolute Gasteiger partial charge is 0.421 e. The summed E-state index contributed by atoms with van der Waals surface area (Å²) in [6.07, 6.45) is 5.56. The summed E-state index contributed by atoms with van der Waals surface area (Å²) in [4.78, 5) is 13.6. The normalized spacial score (nSPS) is 35.1. The first-order valence-corrected chi connectivity index (χ1v) is 18.0. The number of piperidine rings is 1. The Morgan fingerprint density at radius 2 is 1.82 bits per heavy atom. The van der Waals surface area contributed by atoms with Crippen molar-refractivity contribution >= 4 is 12.0 Å². The maximum Gasteiger partial charge on any atom is 0.421 e. The average Bonchev–Trinajstić information content (AvgIpc) is 3.84. The van der Waals surface area contributed by atoms with E-state index < -0.39 is 29.5 Å². The molecule has 7 atom stereocenters. The molecule has 6 aliphatic rings. The summed E-state index contributed by atoms with van der Waals surface area (Å²) in [5.41, 5.74) is -0.0486. The molecule has 0 aromatic heterocycles. The van der Waals surface area contributed by atoms with Gasteiger partial charge in [-0.25, -0.2) is 0 Å². The SMILES string of the molecule is COC1(NC(=O)C(=Cc2ccccc2)C(F)(F)F)C=C(O)C2=C3C1O[C@H]1CCC[C@H]4[C@@H](C2)[N+](CCCc2ccccc2)(CC2CC2)CC[C@]314. The Balaban J connectivity index is 1.14. The molecule has 1 amide bonds. The Labute approximate surface area is 286 Å². The fraction of sp³-hybridized carbons (Fsp3) is 0.525. The average molecular weight is 676 g/mol. The van der Waals surface area contributed by atoms with Crippen LogP contribution in [0.3, 0.4) is 0 Å². The van der Waals surface area contributed by atoms with Crippen LogP contribution in [0.2, 0.25) is 0 Å². The third-order valence-electron chi connectivity index (χ3n) is 12.7. The van der Waals surface area contributed by atoms with Gasteiger partial charge in [0.15, 0.2) is 5.72 Å². The molecule has 2 saturated carbocycles. The van der Waals surface area contributed by atoms with Crippen molar-refractivity contribution in [3.8, 4) is 0 Å². The van der Waals surface area contributed by atoms with Crippen molar-refractivity contribution in [1.29, 1.82) is 0 Å². The molecule has 2 saturated heterocycles. The predicted molar refractivity (Wildman–Crippen MR) is 180 cm³/mol. The lowest BCUT2D eigenvalue weighted by molar-refractivity contribution is -0.964. The lowest BCUT2D eigenvalue weighted by atomic mass is 9.49. The van der Waals surface area contributed by atoms with Crippen LogP contribution in [-0.2, 0) is 20.7 Å². The van der Waals surface area contributed by atoms with E-state index in [1.54, 1.807) is 18.2 Å². The van der Waals surface area contributed by atoms with E-state index in [1.165, 1.54) is 50.3 Å². The highest BCUT2D eigenvalue weighted by molar-refractivity contribution is 5.99. The Hall–Kier alpha value is -3.40. The van der Waals surface area contributed by atoms with Crippen LogP contribution < -0.4 is 5.32 Å². The van der Waals surface area contributed by atoms with Crippen LogP contribution in [0.4, 0.5) is 13.2 Å². The molecule has 4 aliphatic carbocycles. The summed E-state index contributed by atoms with van der Waals surface area (Å²) in [5.74, 6) is -0.261. The largest absolute Gasteiger partial charge is 0.508 e. The summed E-state index contributed by atoms with van der Waals surface area (Å²) in [5, 5.41) is 14.5. The van der Waals surface area contributed by atoms with E-state index in [0.717, 1.165) is 79.2 Å². The summed E-state index contributed by atoms with van der Waals surface area (Å²) < 4.78 is 57.1. The molecule has 260 valence electrons. The standard InChI is InChI=1S/C40H45F3N2O4/c1-48-39(44-37(47)31(40(41,42)43)22-27-12-6-3-7-13-27)24-33(46)29-23-32-30-15-8-16-34-38(30,35(29)36(39)49-34)19-21-45(32,25-28-17-18-28)20-9-14-26-10-4-2-5-11-26/h2-7,10-13,22,24,28,30,32,34,36H,8-9,14-21,23,25H2,1H3,(H-,44,46,47)/p+1/t30-,32+,34-,36?,38+,39?,45?/m0/s1. The number of aliphatic hydroxyl groups is 1. The number of aliphatic hydroxyl groups excluding tert-OH is 1. The summed E-state index contributed by atoms with van der Waals surface area (Å²) >= 11 is 0. The number of hydrogen-bond acceptors (Lipinski definition) is 4. The lowest BCUT2D eigenvalue weighted by Crippen LogP contribution is -2.71. The number of benzene rings is 2. The van der Waals surface area contributed by atoms with E-state index in [-0.39, 0.29) is 22.8 Å². The number of amides is 1. The topological polar surface area (TPSA) is 67.8 Å². The molecule has 6 nitrogen and oxygen atoms in total. The van der Waals surface area contributed by atoms with Gasteiger partial charge in [0.1, 0.15) is 17.4 Å². The molecule has 2 aliphatic heterocycles. The number of rotatable bonds is 10. The van der Waals surface area contributed by atoms with E-state index in [9.17, 15) is 23.1 Å². The van der Waals surface area contributed by atoms with Gasteiger partial charge in [0.25, 0.3) is 5.91 Å². The van der Waals surface area contributed by atoms with Gasteiger partial charge < -0.3 is 24.4 Å². The van der Waals surface area contributed by atoms with Gasteiger partial charge in [-0.1, -0.05) is 67.1 Å². The number of likely N-dealkylation sites (tertiary alicyclic amines) is 1. The Morgan fingerprint density at radius 1 is 1.08 bits per heavy atom. The van der Waals surface area contributed by atoms with E-state index in [4.69, 9.17) is 9.47 Å². The third kappa shape index (κ3) is 5.47. The number of quaternary nitrogens is 1. The van der Waals surface area contributed by atoms with Crippen LogP contribution in [-0.4, -0.2) is 72.4 Å². The van der Waals surface area contributed by atoms with Gasteiger partial charge in [0.2, 0.25) is 0 Å². The molecule has 2 heterocycles. The monoisotopic (exact) mass is 675 g/mol. The molecule has 4 fully saturated rings. The van der Waals surface area contributed by atoms with Crippen LogP contribution in [0.25, 0.3) is 6.08 Å². The zero-order valence-corrected chi connectivity index (χ0v) is 28.1. The molecule has 1 spiro atoms. The number of alkyl halides is 3. The van der Waals surface area contributed by atoms with Gasteiger partial charge in [-0.3, -0.25) is 4.79 Å². The van der Waals surface area contributed by atoms with Crippen LogP contribution in [0, 0.1) is 17.3 Å². The van der Waals surface area contributed by atoms with Crippen molar-refractivity contribution < 1.29 is 37.0 Å². The Bertz CT molecular complexity index is 1690. The highest BCUT2D eigenvalue weighted by Gasteiger charge is 2.72. The molecule has 0 radical (unpaired) electrons. The second-order valence-corrected chi connectivity index (χ2v) is 15.3. The molecule has 49 heavy (non-hydrogen) atoms. The van der Waals surface area contributed by atoms with E-state index >= 15 is 0 Å². The van der Waals surface area contributed by atoms with Gasteiger partial charge in [-0.2, -0.15) is 13.2 Å². The van der Waals surface area contributed by atoms with Crippen molar-refractivity contribution in [2.45, 2.75) is 87.9 Å². The zero-order chi connectivity index (χ0) is 34.0. The Morgan fingerprint density at radius 3 is 2.51 bits per heavy atom. The molecule has 2 aromatic rings. The first-order chi connectivity index (χ1) is 23.6. The number of nitrogens with zero attached hydrogens (tertiary/aromatic N) is 1. The van der Waals surface area contributed by atoms with Crippen molar-refractivity contribution in [2.24, 2.45) is 17.3 Å². The molecular formula is C40H46F3N2O4+. The maximum atomic E-state index is 14.4. The molecule has 8 rings (SSSR count). The molecule has 9 heteroatoms. The van der Waals surface area contributed by atoms with Crippen molar-refractivity contribution in [3.05, 3.63) is 100 Å². The number of ether oxygens (including phenoxy) is 2. The minimum absolute atomic E-state index is 0.0117. The fourth-order valence-corrected chi connectivity index (χ4v) is 10.5. The number of methoxy groups -OCH3 is 1. The number of carbonyl (C=O) groups excluding carboxylic acids is 1. The summed E-state index contributed by atoms with van der Waals surface area (Å²) in [6, 6.07) is 19.0. The lowest BCUT2D eigenvalue weighted by Gasteiger charge is -2.63. The highest BCUT2D eigenvalue weighted by Crippen LogP contribution is 2.68. The van der Waals surface area contributed by atoms with Crippen LogP contribution in [0.1, 0.15) is 62.5 Å². The van der Waals surface area contributed by atoms with Crippen LogP contribution in [0.5, 0.6) is 0 Å². The number of halogens is 3. The zero-order valence-electron chi connectivity index (χ0n) is 28.1. The number of carbonyl (C=O) groups is 1. The van der Waals surface area contributed by atoms with E-state index in [2.05, 4.69) is 35.6 Å². The van der Waals surface area contributed by atoms with E-state index in [1.807, 2.05) is 0 Å². The van der Waals surface area contributed by atoms with Gasteiger partial charge >= 0.3 is 6.18 Å². The fourth-order valence-electron chi connectivity index (χ4n) is 10.5. The molecule has 2 bridgehead atoms. The van der Waals surface area contributed by atoms with Crippen LogP contribution in [0.15, 0.2) is 89.2 Å². The third-order valence-corrected chi connectivity index (χ3v) is 12.7. The van der Waals surface area contributed by atoms with Crippen molar-refractivity contribution in [1.82, 2.24) is 5.32 Å². The first kappa shape index (κ1) is 32.8. The number of nitrogens with one attached hydrogen (secondary N) is 1. The first-order valence-electron chi connectivity index (χ1n) is 18.0. The summed E-state index contributed by atoms with van der Waals surface area (Å²) in [6.45, 7) is 3.28. The number of hydrogen-bond donors (Lipinski definition) is 2. The van der Waals surface area contributed by atoms with E-state index in [0.29, 0.717) is 18.4 Å². The van der Waals surface area contributed by atoms with Gasteiger partial charge in [-0.05, 0) is 54.9 Å². The van der Waals surface area contributed by atoms with Crippen LogP contribution >= 0.6 is 0 Å². The molecule has 2 N–H and O–H groups in total. The quantitative estimate of drug-likeness (QED) is 0.156. The Kier molecular flexibility index (Phi) is 8.12. The number of allylic oxidation sites excluding steroid dienone is 1. The minimum Gasteiger partial charge on any atom is -0.508 e. The maximum absolute atomic E-state index is 14.4. The summed E-state index contributed by atoms with van der Waals surface area (Å²) in [7, 11) is 1.36.